The first kappa shape index (κ1) is 26.0. The molecule has 5 rings (SSSR count). The van der Waals surface area contributed by atoms with E-state index in [9.17, 15) is 15.0 Å². The van der Waals surface area contributed by atoms with E-state index in [2.05, 4.69) is 41.5 Å². The SMILES string of the molecule is CC(=O)C1=C(C)CC2(C)CC3(C)CC4C(C5CCCCC5)CCC(C)C4C(O)C3C(C)C2(C)C1O. The van der Waals surface area contributed by atoms with Gasteiger partial charge in [0.2, 0.25) is 0 Å². The van der Waals surface area contributed by atoms with Crippen LogP contribution in [0.5, 0.6) is 0 Å². The van der Waals surface area contributed by atoms with Gasteiger partial charge in [-0.05, 0) is 91.8 Å². The molecule has 5 aliphatic carbocycles. The Morgan fingerprint density at radius 3 is 2.23 bits per heavy atom. The average Bonchev–Trinajstić information content (AvgIpc) is 2.76. The maximum Gasteiger partial charge on any atom is 0.158 e. The van der Waals surface area contributed by atoms with Gasteiger partial charge in [0.1, 0.15) is 0 Å². The Morgan fingerprint density at radius 2 is 1.60 bits per heavy atom. The molecule has 0 aromatic carbocycles. The highest BCUT2D eigenvalue weighted by atomic mass is 16.3. The van der Waals surface area contributed by atoms with Crippen molar-refractivity contribution in [3.63, 3.8) is 0 Å². The van der Waals surface area contributed by atoms with Crippen LogP contribution >= 0.6 is 0 Å². The fourth-order valence-electron chi connectivity index (χ4n) is 11.6. The van der Waals surface area contributed by atoms with Crippen LogP contribution in [0.15, 0.2) is 11.1 Å². The standard InChI is InChI=1S/C32H52O3/c1-18-13-14-23(22-11-9-8-10-12-22)24-16-30(5)17-31(6)15-19(2)25(21(4)33)29(35)32(31,7)20(3)27(30)28(34)26(18)24/h18,20,22-24,26-29,34-35H,8-17H2,1-7H3. The van der Waals surface area contributed by atoms with Gasteiger partial charge in [-0.1, -0.05) is 78.7 Å². The molecule has 0 aliphatic heterocycles. The first-order chi connectivity index (χ1) is 16.4. The number of Topliss-reactive ketones (excluding diaryl/α,β-unsaturated/α-hetero) is 1. The minimum absolute atomic E-state index is 0.0132. The minimum Gasteiger partial charge on any atom is -0.392 e. The molecule has 198 valence electrons. The fourth-order valence-corrected chi connectivity index (χ4v) is 11.6. The second-order valence-electron chi connectivity index (χ2n) is 14.9. The molecule has 3 nitrogen and oxygen atoms in total. The third kappa shape index (κ3) is 3.60. The van der Waals surface area contributed by atoms with Gasteiger partial charge in [-0.3, -0.25) is 4.79 Å². The highest BCUT2D eigenvalue weighted by Gasteiger charge is 2.69. The van der Waals surface area contributed by atoms with Crippen LogP contribution in [0, 0.1) is 57.7 Å². The van der Waals surface area contributed by atoms with Crippen LogP contribution < -0.4 is 0 Å². The number of fused-ring (bicyclic) bond motifs is 3. The van der Waals surface area contributed by atoms with E-state index < -0.39 is 11.5 Å². The molecule has 0 heterocycles. The molecule has 0 amide bonds. The highest BCUT2D eigenvalue weighted by molar-refractivity contribution is 5.95. The average molecular weight is 485 g/mol. The molecule has 35 heavy (non-hydrogen) atoms. The normalized spacial score (nSPS) is 52.9. The lowest BCUT2D eigenvalue weighted by Crippen LogP contribution is -2.68. The first-order valence-electron chi connectivity index (χ1n) is 14.9. The lowest BCUT2D eigenvalue weighted by Gasteiger charge is -2.70. The molecule has 3 heteroatoms. The Bertz CT molecular complexity index is 885. The van der Waals surface area contributed by atoms with Gasteiger partial charge in [0.25, 0.3) is 0 Å². The van der Waals surface area contributed by atoms with Gasteiger partial charge in [0, 0.05) is 11.0 Å². The molecular formula is C32H52O3. The zero-order chi connectivity index (χ0) is 25.5. The van der Waals surface area contributed by atoms with Gasteiger partial charge in [-0.15, -0.1) is 0 Å². The minimum atomic E-state index is -0.748. The number of hydrogen-bond acceptors (Lipinski definition) is 3. The van der Waals surface area contributed by atoms with E-state index in [0.717, 1.165) is 30.3 Å². The number of aliphatic hydroxyl groups excluding tert-OH is 2. The maximum atomic E-state index is 12.6. The van der Waals surface area contributed by atoms with Crippen LogP contribution in [0.25, 0.3) is 0 Å². The molecule has 0 aromatic heterocycles. The van der Waals surface area contributed by atoms with Gasteiger partial charge in [0.15, 0.2) is 5.78 Å². The van der Waals surface area contributed by atoms with Gasteiger partial charge in [-0.2, -0.15) is 0 Å². The quantitative estimate of drug-likeness (QED) is 0.446. The lowest BCUT2D eigenvalue weighted by atomic mass is 9.35. The summed E-state index contributed by atoms with van der Waals surface area (Å²) in [5.74, 6) is 3.57. The molecule has 4 fully saturated rings. The van der Waals surface area contributed by atoms with Crippen molar-refractivity contribution in [1.82, 2.24) is 0 Å². The summed E-state index contributed by atoms with van der Waals surface area (Å²) in [6.45, 7) is 15.5. The van der Waals surface area contributed by atoms with Crippen LogP contribution in [0.1, 0.15) is 113 Å². The lowest BCUT2D eigenvalue weighted by molar-refractivity contribution is -0.246. The van der Waals surface area contributed by atoms with Crippen molar-refractivity contribution in [2.75, 3.05) is 0 Å². The van der Waals surface area contributed by atoms with E-state index in [1.165, 1.54) is 51.4 Å². The van der Waals surface area contributed by atoms with Crippen LogP contribution in [0.3, 0.4) is 0 Å². The van der Waals surface area contributed by atoms with E-state index in [1.807, 2.05) is 0 Å². The Hall–Kier alpha value is -0.670. The summed E-state index contributed by atoms with van der Waals surface area (Å²) in [5.41, 5.74) is 1.32. The number of allylic oxidation sites excluding steroid dienone is 1. The Labute approximate surface area is 214 Å². The summed E-state index contributed by atoms with van der Waals surface area (Å²) >= 11 is 0. The van der Waals surface area contributed by atoms with E-state index in [4.69, 9.17) is 0 Å². The number of aliphatic hydroxyl groups is 2. The number of carbonyl (C=O) groups is 1. The largest absolute Gasteiger partial charge is 0.392 e. The van der Waals surface area contributed by atoms with Crippen molar-refractivity contribution in [2.24, 2.45) is 57.7 Å². The van der Waals surface area contributed by atoms with E-state index in [0.29, 0.717) is 23.3 Å². The smallest absolute Gasteiger partial charge is 0.158 e. The predicted molar refractivity (Wildman–Crippen MR) is 142 cm³/mol. The maximum absolute atomic E-state index is 12.6. The zero-order valence-electron chi connectivity index (χ0n) is 23.6. The molecule has 11 unspecified atom stereocenters. The Balaban J connectivity index is 1.55. The number of carbonyl (C=O) groups excluding carboxylic acids is 1. The molecule has 2 N–H and O–H groups in total. The second kappa shape index (κ2) is 8.69. The zero-order valence-corrected chi connectivity index (χ0v) is 23.6. The summed E-state index contributed by atoms with van der Waals surface area (Å²) in [5, 5.41) is 24.1. The molecule has 5 aliphatic rings. The summed E-state index contributed by atoms with van der Waals surface area (Å²) in [7, 11) is 0. The first-order valence-corrected chi connectivity index (χ1v) is 14.9. The number of ketones is 1. The molecule has 0 saturated heterocycles. The Kier molecular flexibility index (Phi) is 6.44. The van der Waals surface area contributed by atoms with Crippen molar-refractivity contribution in [3.05, 3.63) is 11.1 Å². The molecule has 11 atom stereocenters. The van der Waals surface area contributed by atoms with Crippen molar-refractivity contribution < 1.29 is 15.0 Å². The topological polar surface area (TPSA) is 57.5 Å². The predicted octanol–water partition coefficient (Wildman–Crippen LogP) is 6.95. The van der Waals surface area contributed by atoms with Crippen molar-refractivity contribution >= 4 is 5.78 Å². The van der Waals surface area contributed by atoms with Crippen LogP contribution in [-0.4, -0.2) is 28.2 Å². The molecule has 0 spiro atoms. The third-order valence-electron chi connectivity index (χ3n) is 13.1. The summed E-state index contributed by atoms with van der Waals surface area (Å²) in [6.07, 6.45) is 11.7. The second-order valence-corrected chi connectivity index (χ2v) is 14.9. The van der Waals surface area contributed by atoms with Gasteiger partial charge in [0.05, 0.1) is 12.2 Å². The number of rotatable bonds is 2. The third-order valence-corrected chi connectivity index (χ3v) is 13.1. The van der Waals surface area contributed by atoms with E-state index in [1.54, 1.807) is 6.92 Å². The van der Waals surface area contributed by atoms with Crippen molar-refractivity contribution in [1.29, 1.82) is 0 Å². The van der Waals surface area contributed by atoms with Crippen LogP contribution in [0.4, 0.5) is 0 Å². The van der Waals surface area contributed by atoms with E-state index >= 15 is 0 Å². The van der Waals surface area contributed by atoms with E-state index in [-0.39, 0.29) is 34.6 Å². The highest BCUT2D eigenvalue weighted by Crippen LogP contribution is 2.72. The van der Waals surface area contributed by atoms with Gasteiger partial charge >= 0.3 is 0 Å². The summed E-state index contributed by atoms with van der Waals surface area (Å²) < 4.78 is 0. The molecular weight excluding hydrogens is 432 g/mol. The van der Waals surface area contributed by atoms with Gasteiger partial charge < -0.3 is 10.2 Å². The molecule has 4 saturated carbocycles. The monoisotopic (exact) mass is 484 g/mol. The van der Waals surface area contributed by atoms with Crippen molar-refractivity contribution in [2.45, 2.75) is 125 Å². The molecule has 0 bridgehead atoms. The van der Waals surface area contributed by atoms with Gasteiger partial charge in [-0.25, -0.2) is 0 Å². The van der Waals surface area contributed by atoms with Crippen molar-refractivity contribution in [3.8, 4) is 0 Å². The van der Waals surface area contributed by atoms with Crippen LogP contribution in [0.2, 0.25) is 0 Å². The molecule has 0 aromatic rings. The fraction of sp³-hybridized carbons (Fsp3) is 0.906. The summed E-state index contributed by atoms with van der Waals surface area (Å²) in [4.78, 5) is 12.6. The number of hydrogen-bond donors (Lipinski definition) is 2. The molecule has 0 radical (unpaired) electrons. The Morgan fingerprint density at radius 1 is 0.943 bits per heavy atom. The van der Waals surface area contributed by atoms with Crippen LogP contribution in [-0.2, 0) is 4.79 Å². The summed E-state index contributed by atoms with van der Waals surface area (Å²) in [6, 6.07) is 0.